The molecule has 0 radical (unpaired) electrons. The second-order valence-corrected chi connectivity index (χ2v) is 49.5. The van der Waals surface area contributed by atoms with Gasteiger partial charge in [0.05, 0.1) is 69.0 Å². The van der Waals surface area contributed by atoms with Gasteiger partial charge in [-0.15, -0.1) is 0 Å². The van der Waals surface area contributed by atoms with Crippen molar-refractivity contribution in [2.45, 2.75) is 237 Å². The van der Waals surface area contributed by atoms with Gasteiger partial charge in [0.25, 0.3) is 35.2 Å². The lowest BCUT2D eigenvalue weighted by Gasteiger charge is -2.41. The lowest BCUT2D eigenvalue weighted by molar-refractivity contribution is -0.293. The number of fused-ring (bicyclic) bond motifs is 4. The van der Waals surface area contributed by atoms with Crippen molar-refractivity contribution in [2.24, 2.45) is 11.8 Å². The zero-order valence-corrected chi connectivity index (χ0v) is 83.9. The number of nitriles is 1. The van der Waals surface area contributed by atoms with Crippen LogP contribution in [0.15, 0.2) is 108 Å². The lowest BCUT2D eigenvalue weighted by atomic mass is 10.1. The summed E-state index contributed by atoms with van der Waals surface area (Å²) in [5, 5.41) is 41.6. The molecule has 47 nitrogen and oxygen atoms in total. The van der Waals surface area contributed by atoms with Gasteiger partial charge in [0.1, 0.15) is 62.5 Å². The standard InChI is InChI=1S/C42H53FN11O12PSSi.C42H53FN11O12PSi.C2H3N.2H2/c1-10-24-29(26(43)38(62-24)53-20-47-27-32(45-19-46-33(27)53)49-36(56)23-14-12-11-13-15-23)65-67(68,60-17-16-44-7)61-18-25-30(66-69(8,9)42(4,5)6)31(64-41(58)59)39(63-25)54-21-48-28-34(54)50-40(52-37(28)57)51-35(55)22(2)3;1-10-24-29(26(43)38(62-24)53-20-47-27-32(45-19-46-33(27)53)49-36(56)23-14-12-11-13-15-23)65-67(60-17-16-44-7)61-18-25-30(66-68(8,9)42(4,5)6)31(64-41(58)59)39(63-25)54-21-48-28-34(54)50-40(52-37(28)57)51-35(55)22(2)3;1-2-3;;/h11-15,19-22,24-26,29-31,38-39H,10,16-18H2,1-6,8-9H3,(H,58,59)(H,45,46,49,56)(H2,50,51,52,55,57);11-15,19-22,24-26,29-31,38-39H,10,16-18H2,1-6,8-9H3,(H,58,59)(H,45,46,49,56)(H2,50,51,52,55,57);1H3;2*1H/p-2/t2*24-,25-,26?,29+,30+,31?,38-,39-,67?;;;/m11.../s1/i;;;1+2T;1+1D. The molecule has 0 aliphatic carbocycles. The molecule has 0 bridgehead atoms. The number of anilines is 4. The number of aromatic nitrogens is 16. The molecule has 6 unspecified atom stereocenters. The first kappa shape index (κ1) is 104. The summed E-state index contributed by atoms with van der Waals surface area (Å²) in [6.07, 6.45) is -17.4. The highest BCUT2D eigenvalue weighted by Crippen LogP contribution is 2.57. The van der Waals surface area contributed by atoms with E-state index in [1.807, 2.05) is 67.7 Å². The molecule has 10 aromatic rings. The fourth-order valence-corrected chi connectivity index (χ4v) is 20.3. The molecule has 4 aliphatic heterocycles. The van der Waals surface area contributed by atoms with E-state index in [1.165, 1.54) is 63.2 Å². The number of hydrogen-bond acceptors (Lipinski definition) is 36. The molecule has 8 aromatic heterocycles. The van der Waals surface area contributed by atoms with E-state index in [0.29, 0.717) is 11.1 Å². The van der Waals surface area contributed by atoms with Crippen molar-refractivity contribution in [3.8, 4) is 6.07 Å². The molecular weight excluding hydrogens is 1930 g/mol. The third-order valence-corrected chi connectivity index (χ3v) is 36.1. The summed E-state index contributed by atoms with van der Waals surface area (Å²) in [5.41, 5.74) is -0.450. The van der Waals surface area contributed by atoms with Gasteiger partial charge in [0.2, 0.25) is 36.8 Å². The molecule has 14 rings (SSSR count). The molecule has 2 aromatic carbocycles. The number of rotatable bonds is 36. The Balaban J connectivity index is 0.000000278. The first-order chi connectivity index (χ1) is 68.4. The van der Waals surface area contributed by atoms with E-state index in [1.54, 1.807) is 108 Å². The number of alkyl halides is 2. The summed E-state index contributed by atoms with van der Waals surface area (Å²) in [4.78, 5) is 157. The molecule has 12 heterocycles. The number of imidazole rings is 4. The molecule has 18 atom stereocenters. The molecule has 6 N–H and O–H groups in total. The maximum absolute atomic E-state index is 17.0. The average Bonchev–Trinajstić information content (AvgIpc) is 1.62. The zero-order valence-electron chi connectivity index (χ0n) is 83.2. The normalized spacial score (nSPS) is 23.3. The van der Waals surface area contributed by atoms with Crippen LogP contribution in [-0.2, 0) is 85.8 Å². The number of amides is 4. The molecule has 140 heavy (non-hydrogen) atoms. The van der Waals surface area contributed by atoms with E-state index >= 15 is 8.78 Å². The number of nitrogens with one attached hydrogen (secondary N) is 6. The fourth-order valence-electron chi connectivity index (χ4n) is 14.4. The van der Waals surface area contributed by atoms with E-state index in [9.17, 15) is 48.6 Å². The Morgan fingerprint density at radius 3 is 1.36 bits per heavy atom. The number of benzene rings is 2. The number of ether oxygens (including phenoxy) is 6. The number of H-pyrrole nitrogens is 2. The molecular formula is C86H111F2N23O24P2SSi2-2. The van der Waals surface area contributed by atoms with Crippen LogP contribution in [0.5, 0.6) is 0 Å². The van der Waals surface area contributed by atoms with E-state index in [-0.39, 0.29) is 107 Å². The molecule has 0 saturated carbocycles. The minimum absolute atomic E-state index is 0.0777. The van der Waals surface area contributed by atoms with Crippen LogP contribution in [-0.4, -0.2) is 244 Å². The van der Waals surface area contributed by atoms with Crippen molar-refractivity contribution in [3.05, 3.63) is 153 Å². The Morgan fingerprint density at radius 2 is 0.964 bits per heavy atom. The van der Waals surface area contributed by atoms with Crippen molar-refractivity contribution < 1.29 is 118 Å². The largest absolute Gasteiger partial charge is 0.539 e. The Labute approximate surface area is 814 Å². The average molecular weight is 2050 g/mol. The molecule has 4 saturated heterocycles. The predicted molar refractivity (Wildman–Crippen MR) is 507 cm³/mol. The van der Waals surface area contributed by atoms with E-state index in [0.717, 1.165) is 0 Å². The van der Waals surface area contributed by atoms with Gasteiger partial charge in [0.15, 0.2) is 110 Å². The fraction of sp³-hybridized carbons (Fsp3) is 0.523. The summed E-state index contributed by atoms with van der Waals surface area (Å²) >= 11 is 5.93. The van der Waals surface area contributed by atoms with Gasteiger partial charge in [-0.2, -0.15) is 15.2 Å². The summed E-state index contributed by atoms with van der Waals surface area (Å²) < 4.78 is 146. The second-order valence-electron chi connectivity index (χ2n) is 35.9. The number of carbonyl (C=O) groups is 6. The highest BCUT2D eigenvalue weighted by Gasteiger charge is 2.57. The van der Waals surface area contributed by atoms with Gasteiger partial charge >= 0.3 is 15.3 Å². The Morgan fingerprint density at radius 1 is 0.579 bits per heavy atom. The number of carboxylic acid groups (broad SMARTS) is 2. The van der Waals surface area contributed by atoms with E-state index < -0.39 is 212 Å². The van der Waals surface area contributed by atoms with Crippen molar-refractivity contribution in [2.75, 3.05) is 60.8 Å². The number of aromatic amines is 2. The quantitative estimate of drug-likeness (QED) is 0.00698. The maximum Gasteiger partial charge on any atom is 0.333 e. The number of hydrogen-bond donors (Lipinski definition) is 6. The number of halogens is 2. The van der Waals surface area contributed by atoms with Crippen LogP contribution >= 0.6 is 15.3 Å². The van der Waals surface area contributed by atoms with Gasteiger partial charge in [0, 0.05) is 35.8 Å². The van der Waals surface area contributed by atoms with E-state index in [4.69, 9.17) is 101 Å². The SMILES string of the molecule is CC#N.[2H][2H].[3H][3H].[C-]#[N+]CCOP(=S)(OC[C@H]1O[C@@H](n2cnc3c(=O)[nH]c(NC(=O)C(C)C)nc32)C(OC(=O)[O-])[C@H]1O[Si](C)(C)C(C)(C)C)O[C@@H]1C(F)[C@H](n2cnc3c(NC(=O)c4ccccc4)ncnc32)O[C@@H]1CC.[C-]#[N+]CCOP(OC[C@H]1O[C@@H](n2cnc3c(=O)[nH]c(NC(=O)C(C)C)nc32)C(OC(=O)[O-])[C@H]1O[Si](C)(C)C(C)(C)C)O[C@@H]1C(F)[C@H](n2cnc3c(NC(=O)c4ccccc4)ncnc32)O[C@@H]1CC. The van der Waals surface area contributed by atoms with Crippen LogP contribution in [0, 0.1) is 36.3 Å². The van der Waals surface area contributed by atoms with Crippen molar-refractivity contribution >= 4 is 148 Å². The third-order valence-electron chi connectivity index (χ3n) is 23.6. The van der Waals surface area contributed by atoms with Crippen LogP contribution in [0.2, 0.25) is 36.3 Å². The van der Waals surface area contributed by atoms with Crippen LogP contribution < -0.4 is 42.6 Å². The van der Waals surface area contributed by atoms with Crippen LogP contribution in [0.25, 0.3) is 54.3 Å². The van der Waals surface area contributed by atoms with Crippen LogP contribution in [0.1, 0.15) is 154 Å². The number of carbonyl (C=O) groups excluding carboxylic acids is 6. The summed E-state index contributed by atoms with van der Waals surface area (Å²) in [5.74, 6) is -2.87. The zero-order chi connectivity index (χ0) is 106. The minimum Gasteiger partial charge on any atom is -0.539 e. The molecule has 4 aliphatic rings. The van der Waals surface area contributed by atoms with E-state index in [2.05, 4.69) is 90.8 Å². The van der Waals surface area contributed by atoms with Gasteiger partial charge in [-0.1, -0.05) is 119 Å². The highest BCUT2D eigenvalue weighted by molar-refractivity contribution is 8.07. The van der Waals surface area contributed by atoms with Crippen molar-refractivity contribution in [1.82, 2.24) is 78.1 Å². The van der Waals surface area contributed by atoms with Gasteiger partial charge in [-0.25, -0.2) is 61.8 Å². The van der Waals surface area contributed by atoms with Gasteiger partial charge in [-0.05, 0) is 85.2 Å². The monoisotopic (exact) mass is 2040 g/mol. The van der Waals surface area contributed by atoms with Crippen molar-refractivity contribution in [1.29, 1.82) is 5.26 Å². The maximum atomic E-state index is 17.0. The Bertz CT molecular complexity index is 6440. The molecule has 0 spiro atoms. The summed E-state index contributed by atoms with van der Waals surface area (Å²) in [7, 11) is -8.14. The predicted octanol–water partition coefficient (Wildman–Crippen LogP) is 11.1. The summed E-state index contributed by atoms with van der Waals surface area (Å²) in [6, 6.07) is 18.7. The third kappa shape index (κ3) is 24.6. The van der Waals surface area contributed by atoms with Crippen molar-refractivity contribution in [3.63, 3.8) is 0 Å². The highest BCUT2D eigenvalue weighted by atomic mass is 32.5. The first-order valence-electron chi connectivity index (χ1n) is 46.3. The Hall–Kier alpha value is -12.0. The second kappa shape index (κ2) is 45.7. The lowest BCUT2D eigenvalue weighted by Crippen LogP contribution is -2.51. The van der Waals surface area contributed by atoms with Crippen LogP contribution in [0.4, 0.5) is 41.9 Å². The van der Waals surface area contributed by atoms with Crippen LogP contribution in [0.3, 0.4) is 0 Å². The topological polar surface area (TPSA) is 573 Å². The smallest absolute Gasteiger partial charge is 0.333 e. The first-order valence-corrected chi connectivity index (χ1v) is 53.8. The molecule has 4 amide bonds. The minimum atomic E-state index is -4.09. The summed E-state index contributed by atoms with van der Waals surface area (Å²) in [6.45, 7) is 40.2. The molecule has 4 fully saturated rings. The molecule has 54 heteroatoms. The number of nitrogens with zero attached hydrogens (tertiary/aromatic N) is 17. The Kier molecular flexibility index (Phi) is 33.9. The van der Waals surface area contributed by atoms with Gasteiger partial charge < -0.3 is 100 Å². The molecule has 754 valence electrons. The van der Waals surface area contributed by atoms with Gasteiger partial charge in [-0.3, -0.25) is 72.2 Å².